The maximum Gasteiger partial charge on any atom is 0.128 e. The molecule has 2 rings (SSSR count). The molecular formula is C15H18N2O. The van der Waals surface area contributed by atoms with E-state index < -0.39 is 0 Å². The van der Waals surface area contributed by atoms with E-state index in [0.29, 0.717) is 0 Å². The second kappa shape index (κ2) is 6.05. The first kappa shape index (κ1) is 12.4. The summed E-state index contributed by atoms with van der Waals surface area (Å²) in [5, 5.41) is 3.05. The number of aromatic nitrogens is 1. The first-order valence-corrected chi connectivity index (χ1v) is 6.22. The molecule has 3 heteroatoms. The Morgan fingerprint density at radius 3 is 2.72 bits per heavy atom. The molecule has 2 aromatic rings. The zero-order valence-electron chi connectivity index (χ0n) is 10.8. The minimum absolute atomic E-state index is 0.725. The molecule has 0 aliphatic rings. The van der Waals surface area contributed by atoms with Gasteiger partial charge in [0.1, 0.15) is 11.6 Å². The Morgan fingerprint density at radius 2 is 1.94 bits per heavy atom. The average Bonchev–Trinajstić information content (AvgIpc) is 2.45. The SMILES string of the molecule is CCCOc1ccccc1-c1cccc(NC)n1. The Bertz CT molecular complexity index is 511. The highest BCUT2D eigenvalue weighted by atomic mass is 16.5. The van der Waals surface area contributed by atoms with Crippen molar-refractivity contribution in [1.29, 1.82) is 0 Å². The van der Waals surface area contributed by atoms with Crippen LogP contribution in [0, 0.1) is 0 Å². The van der Waals surface area contributed by atoms with E-state index in [-0.39, 0.29) is 0 Å². The van der Waals surface area contributed by atoms with Crippen LogP contribution < -0.4 is 10.1 Å². The van der Waals surface area contributed by atoms with Gasteiger partial charge in [0.05, 0.1) is 12.3 Å². The molecule has 0 spiro atoms. The molecule has 1 heterocycles. The number of nitrogens with zero attached hydrogens (tertiary/aromatic N) is 1. The topological polar surface area (TPSA) is 34.1 Å². The van der Waals surface area contributed by atoms with E-state index in [9.17, 15) is 0 Å². The molecule has 1 aromatic heterocycles. The lowest BCUT2D eigenvalue weighted by Gasteiger charge is -2.11. The largest absolute Gasteiger partial charge is 0.493 e. The molecule has 0 unspecified atom stereocenters. The smallest absolute Gasteiger partial charge is 0.128 e. The van der Waals surface area contributed by atoms with Gasteiger partial charge in [-0.15, -0.1) is 0 Å². The van der Waals surface area contributed by atoms with Gasteiger partial charge in [0, 0.05) is 12.6 Å². The van der Waals surface area contributed by atoms with E-state index >= 15 is 0 Å². The van der Waals surface area contributed by atoms with Crippen LogP contribution >= 0.6 is 0 Å². The van der Waals surface area contributed by atoms with Crippen molar-refractivity contribution in [1.82, 2.24) is 4.98 Å². The molecule has 1 N–H and O–H groups in total. The lowest BCUT2D eigenvalue weighted by Crippen LogP contribution is -1.98. The van der Waals surface area contributed by atoms with Crippen molar-refractivity contribution >= 4 is 5.82 Å². The summed E-state index contributed by atoms with van der Waals surface area (Å²) in [4.78, 5) is 4.54. The van der Waals surface area contributed by atoms with Gasteiger partial charge in [-0.25, -0.2) is 4.98 Å². The molecule has 94 valence electrons. The minimum atomic E-state index is 0.725. The number of hydrogen-bond donors (Lipinski definition) is 1. The average molecular weight is 242 g/mol. The third-order valence-electron chi connectivity index (χ3n) is 2.63. The van der Waals surface area contributed by atoms with E-state index in [1.54, 1.807) is 0 Å². The monoisotopic (exact) mass is 242 g/mol. The quantitative estimate of drug-likeness (QED) is 0.870. The maximum absolute atomic E-state index is 5.75. The van der Waals surface area contributed by atoms with E-state index in [0.717, 1.165) is 35.9 Å². The number of benzene rings is 1. The molecule has 0 atom stereocenters. The highest BCUT2D eigenvalue weighted by Crippen LogP contribution is 2.29. The predicted octanol–water partition coefficient (Wildman–Crippen LogP) is 3.58. The molecule has 0 radical (unpaired) electrons. The van der Waals surface area contributed by atoms with Crippen LogP contribution in [0.4, 0.5) is 5.82 Å². The minimum Gasteiger partial charge on any atom is -0.493 e. The van der Waals surface area contributed by atoms with Crippen molar-refractivity contribution in [2.45, 2.75) is 13.3 Å². The Morgan fingerprint density at radius 1 is 1.11 bits per heavy atom. The molecule has 0 saturated carbocycles. The Balaban J connectivity index is 2.36. The number of nitrogens with one attached hydrogen (secondary N) is 1. The first-order valence-electron chi connectivity index (χ1n) is 6.22. The van der Waals surface area contributed by atoms with Gasteiger partial charge in [0.2, 0.25) is 0 Å². The van der Waals surface area contributed by atoms with Crippen LogP contribution in [0.5, 0.6) is 5.75 Å². The Hall–Kier alpha value is -2.03. The van der Waals surface area contributed by atoms with Crippen molar-refractivity contribution < 1.29 is 4.74 Å². The summed E-state index contributed by atoms with van der Waals surface area (Å²) in [5.41, 5.74) is 1.96. The third-order valence-corrected chi connectivity index (χ3v) is 2.63. The molecule has 0 amide bonds. The van der Waals surface area contributed by atoms with Gasteiger partial charge in [-0.2, -0.15) is 0 Å². The normalized spacial score (nSPS) is 10.1. The van der Waals surface area contributed by atoms with Crippen LogP contribution in [0.2, 0.25) is 0 Å². The predicted molar refractivity (Wildman–Crippen MR) is 75.0 cm³/mol. The van der Waals surface area contributed by atoms with Gasteiger partial charge < -0.3 is 10.1 Å². The summed E-state index contributed by atoms with van der Waals surface area (Å²) in [6, 6.07) is 13.9. The van der Waals surface area contributed by atoms with E-state index in [1.807, 2.05) is 49.5 Å². The zero-order chi connectivity index (χ0) is 12.8. The number of hydrogen-bond acceptors (Lipinski definition) is 3. The number of pyridine rings is 1. The zero-order valence-corrected chi connectivity index (χ0v) is 10.8. The second-order valence-electron chi connectivity index (χ2n) is 4.00. The highest BCUT2D eigenvalue weighted by molar-refractivity contribution is 5.68. The van der Waals surface area contributed by atoms with Crippen LogP contribution in [-0.2, 0) is 0 Å². The Kier molecular flexibility index (Phi) is 4.18. The highest BCUT2D eigenvalue weighted by Gasteiger charge is 2.07. The number of rotatable bonds is 5. The summed E-state index contributed by atoms with van der Waals surface area (Å²) < 4.78 is 5.75. The standard InChI is InChI=1S/C15H18N2O/c1-3-11-18-14-9-5-4-7-12(14)13-8-6-10-15(16-2)17-13/h4-10H,3,11H2,1-2H3,(H,16,17). The Labute approximate surface area is 108 Å². The molecule has 1 aromatic carbocycles. The maximum atomic E-state index is 5.75. The van der Waals surface area contributed by atoms with Crippen LogP contribution in [0.3, 0.4) is 0 Å². The van der Waals surface area contributed by atoms with Crippen molar-refractivity contribution in [3.05, 3.63) is 42.5 Å². The van der Waals surface area contributed by atoms with Crippen LogP contribution in [0.25, 0.3) is 11.3 Å². The fourth-order valence-electron chi connectivity index (χ4n) is 1.74. The number of ether oxygens (including phenoxy) is 1. The molecule has 0 bridgehead atoms. The second-order valence-corrected chi connectivity index (χ2v) is 4.00. The van der Waals surface area contributed by atoms with Crippen LogP contribution in [0.15, 0.2) is 42.5 Å². The number of para-hydroxylation sites is 1. The summed E-state index contributed by atoms with van der Waals surface area (Å²) >= 11 is 0. The van der Waals surface area contributed by atoms with Gasteiger partial charge in [-0.3, -0.25) is 0 Å². The summed E-state index contributed by atoms with van der Waals surface area (Å²) in [5.74, 6) is 1.75. The van der Waals surface area contributed by atoms with Gasteiger partial charge in [0.15, 0.2) is 0 Å². The van der Waals surface area contributed by atoms with Crippen molar-refractivity contribution in [3.8, 4) is 17.0 Å². The number of anilines is 1. The first-order chi connectivity index (χ1) is 8.85. The van der Waals surface area contributed by atoms with Crippen LogP contribution in [0.1, 0.15) is 13.3 Å². The van der Waals surface area contributed by atoms with E-state index in [1.165, 1.54) is 0 Å². The lowest BCUT2D eigenvalue weighted by molar-refractivity contribution is 0.318. The van der Waals surface area contributed by atoms with Gasteiger partial charge in [0.25, 0.3) is 0 Å². The van der Waals surface area contributed by atoms with E-state index in [2.05, 4.69) is 17.2 Å². The molecule has 0 fully saturated rings. The molecule has 0 aliphatic carbocycles. The van der Waals surface area contributed by atoms with E-state index in [4.69, 9.17) is 4.74 Å². The molecule has 0 saturated heterocycles. The van der Waals surface area contributed by atoms with Crippen molar-refractivity contribution in [2.24, 2.45) is 0 Å². The fourth-order valence-corrected chi connectivity index (χ4v) is 1.74. The molecule has 18 heavy (non-hydrogen) atoms. The lowest BCUT2D eigenvalue weighted by atomic mass is 10.1. The summed E-state index contributed by atoms with van der Waals surface area (Å²) in [6.45, 7) is 2.82. The molecule has 0 aliphatic heterocycles. The summed E-state index contributed by atoms with van der Waals surface area (Å²) in [6.07, 6.45) is 0.998. The van der Waals surface area contributed by atoms with Gasteiger partial charge in [-0.05, 0) is 30.7 Å². The fraction of sp³-hybridized carbons (Fsp3) is 0.267. The van der Waals surface area contributed by atoms with Crippen molar-refractivity contribution in [3.63, 3.8) is 0 Å². The molecule has 3 nitrogen and oxygen atoms in total. The van der Waals surface area contributed by atoms with Gasteiger partial charge >= 0.3 is 0 Å². The third kappa shape index (κ3) is 2.80. The van der Waals surface area contributed by atoms with Gasteiger partial charge in [-0.1, -0.05) is 25.1 Å². The summed E-state index contributed by atoms with van der Waals surface area (Å²) in [7, 11) is 1.87. The van der Waals surface area contributed by atoms with Crippen molar-refractivity contribution in [2.75, 3.05) is 19.0 Å². The van der Waals surface area contributed by atoms with Crippen LogP contribution in [-0.4, -0.2) is 18.6 Å². The molecular weight excluding hydrogens is 224 g/mol.